The van der Waals surface area contributed by atoms with Crippen molar-refractivity contribution in [2.24, 2.45) is 0 Å². The third-order valence-corrected chi connectivity index (χ3v) is 7.83. The zero-order chi connectivity index (χ0) is 35.4. The van der Waals surface area contributed by atoms with Crippen molar-refractivity contribution in [2.45, 2.75) is 39.8 Å². The first-order valence-corrected chi connectivity index (χ1v) is 16.3. The molecular formula is C38H34N2O10. The molecule has 256 valence electrons. The standard InChI is InChI=1S/C38H34N2O10/c1-4-19-47-23-7-11-25(12-8-23)49-27-15-17-29-31(21-27)36(43)39(34(29)41)33(38(45)46-6-3)40-35(42)30-18-16-28(22-32(30)37(40)44)50-26-13-9-24(10-14-26)48-20-5-2/h7-18,21-22,33H,4-6,19-20H2,1-3H3. The fourth-order valence-corrected chi connectivity index (χ4v) is 5.51. The molecule has 0 atom stereocenters. The number of benzene rings is 4. The molecule has 0 fully saturated rings. The first kappa shape index (κ1) is 33.7. The maximum atomic E-state index is 13.8. The molecule has 0 aliphatic carbocycles. The van der Waals surface area contributed by atoms with Crippen LogP contribution in [0.1, 0.15) is 75.0 Å². The Morgan fingerprint density at radius 1 is 0.520 bits per heavy atom. The van der Waals surface area contributed by atoms with Crippen LogP contribution < -0.4 is 18.9 Å². The molecule has 6 rings (SSSR count). The Morgan fingerprint density at radius 2 is 0.880 bits per heavy atom. The maximum Gasteiger partial charge on any atom is 0.351 e. The number of rotatable bonds is 14. The lowest BCUT2D eigenvalue weighted by atomic mass is 10.1. The zero-order valence-corrected chi connectivity index (χ0v) is 27.7. The van der Waals surface area contributed by atoms with Crippen molar-refractivity contribution in [1.82, 2.24) is 9.80 Å². The number of carbonyl (C=O) groups excluding carboxylic acids is 5. The molecule has 0 bridgehead atoms. The average Bonchev–Trinajstić information content (AvgIpc) is 3.51. The molecular weight excluding hydrogens is 644 g/mol. The molecule has 2 aliphatic rings. The first-order valence-electron chi connectivity index (χ1n) is 16.3. The highest BCUT2D eigenvalue weighted by molar-refractivity contribution is 6.26. The Morgan fingerprint density at radius 3 is 1.26 bits per heavy atom. The molecule has 4 aromatic rings. The third-order valence-electron chi connectivity index (χ3n) is 7.83. The number of carbonyl (C=O) groups is 5. The molecule has 12 nitrogen and oxygen atoms in total. The van der Waals surface area contributed by atoms with Crippen LogP contribution in [0.3, 0.4) is 0 Å². The fraction of sp³-hybridized carbons (Fsp3) is 0.237. The van der Waals surface area contributed by atoms with Crippen molar-refractivity contribution in [3.63, 3.8) is 0 Å². The van der Waals surface area contributed by atoms with Gasteiger partial charge >= 0.3 is 5.97 Å². The normalized spacial score (nSPS) is 13.4. The van der Waals surface area contributed by atoms with E-state index >= 15 is 0 Å². The van der Waals surface area contributed by atoms with Crippen LogP contribution in [0.4, 0.5) is 0 Å². The Bertz CT molecular complexity index is 1820. The van der Waals surface area contributed by atoms with Crippen LogP contribution >= 0.6 is 0 Å². The predicted octanol–water partition coefficient (Wildman–Crippen LogP) is 6.63. The van der Waals surface area contributed by atoms with Crippen LogP contribution in [0, 0.1) is 0 Å². The number of fused-ring (bicyclic) bond motifs is 2. The van der Waals surface area contributed by atoms with Gasteiger partial charge in [0, 0.05) is 0 Å². The topological polar surface area (TPSA) is 138 Å². The highest BCUT2D eigenvalue weighted by Crippen LogP contribution is 2.36. The van der Waals surface area contributed by atoms with Gasteiger partial charge in [0.2, 0.25) is 6.17 Å². The van der Waals surface area contributed by atoms with Crippen molar-refractivity contribution in [2.75, 3.05) is 19.8 Å². The summed E-state index contributed by atoms with van der Waals surface area (Å²) in [4.78, 5) is 69.6. The Balaban J connectivity index is 1.24. The van der Waals surface area contributed by atoms with Crippen molar-refractivity contribution < 1.29 is 47.7 Å². The van der Waals surface area contributed by atoms with Crippen LogP contribution in [0.2, 0.25) is 0 Å². The average molecular weight is 679 g/mol. The second-order valence-electron chi connectivity index (χ2n) is 11.3. The van der Waals surface area contributed by atoms with E-state index in [9.17, 15) is 24.0 Å². The smallest absolute Gasteiger partial charge is 0.351 e. The molecule has 50 heavy (non-hydrogen) atoms. The molecule has 2 heterocycles. The number of nitrogens with zero attached hydrogens (tertiary/aromatic N) is 2. The van der Waals surface area contributed by atoms with E-state index in [1.807, 2.05) is 13.8 Å². The van der Waals surface area contributed by atoms with Gasteiger partial charge in [0.1, 0.15) is 34.5 Å². The van der Waals surface area contributed by atoms with E-state index in [4.69, 9.17) is 23.7 Å². The summed E-state index contributed by atoms with van der Waals surface area (Å²) in [5.41, 5.74) is -0.192. The molecule has 2 aliphatic heterocycles. The lowest BCUT2D eigenvalue weighted by molar-refractivity contribution is -0.151. The lowest BCUT2D eigenvalue weighted by Gasteiger charge is -2.30. The van der Waals surface area contributed by atoms with E-state index in [1.165, 1.54) is 43.3 Å². The van der Waals surface area contributed by atoms with Gasteiger partial charge in [0.05, 0.1) is 42.1 Å². The van der Waals surface area contributed by atoms with Gasteiger partial charge in [-0.1, -0.05) is 13.8 Å². The minimum Gasteiger partial charge on any atom is -0.494 e. The van der Waals surface area contributed by atoms with Gasteiger partial charge in [0.15, 0.2) is 0 Å². The van der Waals surface area contributed by atoms with E-state index in [0.717, 1.165) is 12.8 Å². The summed E-state index contributed by atoms with van der Waals surface area (Å²) in [5, 5.41) is 0. The quantitative estimate of drug-likeness (QED) is 0.106. The zero-order valence-electron chi connectivity index (χ0n) is 27.7. The SMILES string of the molecule is CCCOc1ccc(Oc2ccc3c(c2)C(=O)N(C(C(=O)OCC)N2C(=O)c4ccc(Oc5ccc(OCCC)cc5)cc4C2=O)C3=O)cc1. The largest absolute Gasteiger partial charge is 0.494 e. The Labute approximate surface area is 288 Å². The van der Waals surface area contributed by atoms with E-state index < -0.39 is 35.8 Å². The monoisotopic (exact) mass is 678 g/mol. The van der Waals surface area contributed by atoms with Gasteiger partial charge in [-0.15, -0.1) is 0 Å². The summed E-state index contributed by atoms with van der Waals surface area (Å²) in [6.07, 6.45) is -0.278. The van der Waals surface area contributed by atoms with Crippen LogP contribution in [0.25, 0.3) is 0 Å². The van der Waals surface area contributed by atoms with Crippen molar-refractivity contribution in [3.05, 3.63) is 107 Å². The molecule has 0 radical (unpaired) electrons. The molecule has 4 amide bonds. The number of hydrogen-bond acceptors (Lipinski definition) is 10. The molecule has 0 N–H and O–H groups in total. The van der Waals surface area contributed by atoms with E-state index in [2.05, 4.69) is 0 Å². The summed E-state index contributed by atoms with van der Waals surface area (Å²) in [6, 6.07) is 22.3. The predicted molar refractivity (Wildman–Crippen MR) is 179 cm³/mol. The summed E-state index contributed by atoms with van der Waals surface area (Å²) < 4.78 is 28.2. The van der Waals surface area contributed by atoms with Gasteiger partial charge in [-0.05, 0) is 105 Å². The van der Waals surface area contributed by atoms with Crippen LogP contribution in [-0.4, -0.2) is 65.4 Å². The summed E-state index contributed by atoms with van der Waals surface area (Å²) in [6.45, 7) is 6.55. The lowest BCUT2D eigenvalue weighted by Crippen LogP contribution is -2.57. The molecule has 0 unspecified atom stereocenters. The highest BCUT2D eigenvalue weighted by Gasteiger charge is 2.52. The van der Waals surface area contributed by atoms with Crippen LogP contribution in [-0.2, 0) is 9.53 Å². The highest BCUT2D eigenvalue weighted by atomic mass is 16.5. The third kappa shape index (κ3) is 6.59. The molecule has 0 saturated heterocycles. The Kier molecular flexibility index (Phi) is 9.80. The van der Waals surface area contributed by atoms with Crippen molar-refractivity contribution >= 4 is 29.6 Å². The second kappa shape index (κ2) is 14.5. The maximum absolute atomic E-state index is 13.8. The number of imide groups is 2. The molecule has 12 heteroatoms. The second-order valence-corrected chi connectivity index (χ2v) is 11.3. The molecule has 0 spiro atoms. The van der Waals surface area contributed by atoms with E-state index in [-0.39, 0.29) is 40.4 Å². The molecule has 0 aromatic heterocycles. The summed E-state index contributed by atoms with van der Waals surface area (Å²) in [7, 11) is 0. The van der Waals surface area contributed by atoms with Crippen molar-refractivity contribution in [1.29, 1.82) is 0 Å². The molecule has 4 aromatic carbocycles. The van der Waals surface area contributed by atoms with Gasteiger partial charge in [-0.3, -0.25) is 19.2 Å². The van der Waals surface area contributed by atoms with Crippen LogP contribution in [0.15, 0.2) is 84.9 Å². The van der Waals surface area contributed by atoms with Gasteiger partial charge in [-0.25, -0.2) is 14.6 Å². The van der Waals surface area contributed by atoms with Gasteiger partial charge in [-0.2, -0.15) is 0 Å². The number of esters is 1. The van der Waals surface area contributed by atoms with Crippen LogP contribution in [0.5, 0.6) is 34.5 Å². The summed E-state index contributed by atoms with van der Waals surface area (Å²) >= 11 is 0. The van der Waals surface area contributed by atoms with E-state index in [0.29, 0.717) is 46.0 Å². The Hall–Kier alpha value is -6.17. The van der Waals surface area contributed by atoms with Crippen molar-refractivity contribution in [3.8, 4) is 34.5 Å². The summed E-state index contributed by atoms with van der Waals surface area (Å²) in [5.74, 6) is -1.91. The molecule has 0 saturated carbocycles. The number of ether oxygens (including phenoxy) is 5. The minimum atomic E-state index is -2.00. The number of hydrogen-bond donors (Lipinski definition) is 0. The minimum absolute atomic E-state index is 0.0293. The van der Waals surface area contributed by atoms with E-state index in [1.54, 1.807) is 48.5 Å². The first-order chi connectivity index (χ1) is 24.2. The fourth-order valence-electron chi connectivity index (χ4n) is 5.51. The number of amides is 4. The van der Waals surface area contributed by atoms with Gasteiger partial charge < -0.3 is 23.7 Å². The van der Waals surface area contributed by atoms with Gasteiger partial charge in [0.25, 0.3) is 23.6 Å².